The summed E-state index contributed by atoms with van der Waals surface area (Å²) in [7, 11) is 4.87. The number of nitrogen functional groups attached to an aromatic ring is 1. The molecule has 148 valence electrons. The van der Waals surface area contributed by atoms with Crippen LogP contribution in [0, 0.1) is 0 Å². The van der Waals surface area contributed by atoms with E-state index in [2.05, 4.69) is 15.3 Å². The molecule has 3 rings (SSSR count). The third-order valence-electron chi connectivity index (χ3n) is 4.28. The van der Waals surface area contributed by atoms with Crippen molar-refractivity contribution in [3.63, 3.8) is 0 Å². The number of hydrogen-bond acceptors (Lipinski definition) is 6. The minimum absolute atomic E-state index is 0.0948. The highest BCUT2D eigenvalue weighted by molar-refractivity contribution is 6.07. The van der Waals surface area contributed by atoms with Gasteiger partial charge in [-0.3, -0.25) is 14.6 Å². The fraction of sp³-hybridized carbons (Fsp3) is 0.143. The van der Waals surface area contributed by atoms with Crippen molar-refractivity contribution in [2.45, 2.75) is 0 Å². The average Bonchev–Trinajstić information content (AvgIpc) is 2.74. The van der Waals surface area contributed by atoms with Gasteiger partial charge >= 0.3 is 0 Å². The van der Waals surface area contributed by atoms with Gasteiger partial charge in [-0.05, 0) is 29.8 Å². The zero-order valence-electron chi connectivity index (χ0n) is 16.3. The Morgan fingerprint density at radius 1 is 1.07 bits per heavy atom. The van der Waals surface area contributed by atoms with Crippen LogP contribution >= 0.6 is 0 Å². The Bertz CT molecular complexity index is 1030. The highest BCUT2D eigenvalue weighted by atomic mass is 16.5. The highest BCUT2D eigenvalue weighted by Crippen LogP contribution is 2.40. The van der Waals surface area contributed by atoms with E-state index in [1.165, 1.54) is 30.6 Å². The van der Waals surface area contributed by atoms with Crippen molar-refractivity contribution in [2.24, 2.45) is 0 Å². The molecule has 3 N–H and O–H groups in total. The van der Waals surface area contributed by atoms with Crippen molar-refractivity contribution >= 4 is 23.2 Å². The lowest BCUT2D eigenvalue weighted by Crippen LogP contribution is -2.21. The van der Waals surface area contributed by atoms with E-state index in [4.69, 9.17) is 10.5 Å². The number of methoxy groups -OCH3 is 1. The van der Waals surface area contributed by atoms with E-state index < -0.39 is 5.91 Å². The van der Waals surface area contributed by atoms with Crippen LogP contribution in [0.2, 0.25) is 0 Å². The molecule has 0 spiro atoms. The smallest absolute Gasteiger partial charge is 0.275 e. The van der Waals surface area contributed by atoms with Gasteiger partial charge in [-0.1, -0.05) is 12.1 Å². The van der Waals surface area contributed by atoms with Gasteiger partial charge in [0.15, 0.2) is 5.75 Å². The zero-order chi connectivity index (χ0) is 21.0. The van der Waals surface area contributed by atoms with E-state index in [9.17, 15) is 9.59 Å². The molecule has 0 fully saturated rings. The second-order valence-corrected chi connectivity index (χ2v) is 6.43. The number of aromatic nitrogens is 2. The van der Waals surface area contributed by atoms with Crippen molar-refractivity contribution in [3.8, 4) is 16.9 Å². The number of carbonyl (C=O) groups is 2. The minimum Gasteiger partial charge on any atom is -0.492 e. The second-order valence-electron chi connectivity index (χ2n) is 6.43. The van der Waals surface area contributed by atoms with Gasteiger partial charge in [0.05, 0.1) is 24.7 Å². The van der Waals surface area contributed by atoms with Gasteiger partial charge in [0.2, 0.25) is 0 Å². The van der Waals surface area contributed by atoms with Crippen LogP contribution < -0.4 is 15.8 Å². The summed E-state index contributed by atoms with van der Waals surface area (Å²) in [6.45, 7) is 0. The average molecular weight is 391 g/mol. The summed E-state index contributed by atoms with van der Waals surface area (Å²) in [5, 5.41) is 2.82. The number of nitrogens with one attached hydrogen (secondary N) is 1. The Hall–Kier alpha value is -3.94. The van der Waals surface area contributed by atoms with Crippen LogP contribution in [-0.2, 0) is 0 Å². The molecule has 1 aromatic heterocycles. The monoisotopic (exact) mass is 391 g/mol. The number of hydrogen-bond donors (Lipinski definition) is 2. The fourth-order valence-corrected chi connectivity index (χ4v) is 2.83. The number of anilines is 2. The molecule has 0 saturated heterocycles. The van der Waals surface area contributed by atoms with E-state index in [-0.39, 0.29) is 11.6 Å². The predicted molar refractivity (Wildman–Crippen MR) is 111 cm³/mol. The molecule has 0 bridgehead atoms. The molecule has 3 aromatic rings. The van der Waals surface area contributed by atoms with Gasteiger partial charge in [-0.2, -0.15) is 0 Å². The SMILES string of the molecule is COc1c(N)ccc(-c2ccc(C(=O)N(C)C)cc2)c1NC(=O)c1cnccn1. The summed E-state index contributed by atoms with van der Waals surface area (Å²) >= 11 is 0. The highest BCUT2D eigenvalue weighted by Gasteiger charge is 2.19. The van der Waals surface area contributed by atoms with E-state index in [1.54, 1.807) is 50.5 Å². The number of benzene rings is 2. The summed E-state index contributed by atoms with van der Waals surface area (Å²) in [5.74, 6) is -0.196. The fourth-order valence-electron chi connectivity index (χ4n) is 2.83. The normalized spacial score (nSPS) is 10.3. The number of amides is 2. The molecule has 2 aromatic carbocycles. The number of nitrogens with two attached hydrogens (primary N) is 1. The topological polar surface area (TPSA) is 110 Å². The minimum atomic E-state index is -0.442. The van der Waals surface area contributed by atoms with Gasteiger partial charge < -0.3 is 20.7 Å². The van der Waals surface area contributed by atoms with Crippen molar-refractivity contribution in [3.05, 3.63) is 66.2 Å². The molecule has 0 atom stereocenters. The van der Waals surface area contributed by atoms with E-state index >= 15 is 0 Å². The van der Waals surface area contributed by atoms with Gasteiger partial charge in [0, 0.05) is 37.6 Å². The molecule has 2 amide bonds. The van der Waals surface area contributed by atoms with Crippen molar-refractivity contribution < 1.29 is 14.3 Å². The van der Waals surface area contributed by atoms with Crippen LogP contribution in [0.3, 0.4) is 0 Å². The first kappa shape index (κ1) is 19.8. The maximum Gasteiger partial charge on any atom is 0.275 e. The van der Waals surface area contributed by atoms with Crippen LogP contribution in [0.15, 0.2) is 55.0 Å². The van der Waals surface area contributed by atoms with Crippen LogP contribution in [0.5, 0.6) is 5.75 Å². The first-order chi connectivity index (χ1) is 13.9. The predicted octanol–water partition coefficient (Wildman–Crippen LogP) is 2.69. The molecule has 29 heavy (non-hydrogen) atoms. The Labute approximate surface area is 168 Å². The first-order valence-electron chi connectivity index (χ1n) is 8.78. The third-order valence-corrected chi connectivity index (χ3v) is 4.28. The molecule has 0 radical (unpaired) electrons. The molecule has 0 saturated carbocycles. The maximum absolute atomic E-state index is 12.6. The summed E-state index contributed by atoms with van der Waals surface area (Å²) in [6.07, 6.45) is 4.29. The van der Waals surface area contributed by atoms with Crippen LogP contribution in [-0.4, -0.2) is 47.9 Å². The Kier molecular flexibility index (Phi) is 5.73. The molecule has 0 aliphatic rings. The maximum atomic E-state index is 12.6. The third kappa shape index (κ3) is 4.16. The van der Waals surface area contributed by atoms with Gasteiger partial charge in [0.25, 0.3) is 11.8 Å². The Balaban J connectivity index is 2.03. The van der Waals surface area contributed by atoms with Gasteiger partial charge in [-0.15, -0.1) is 0 Å². The van der Waals surface area contributed by atoms with E-state index in [1.807, 2.05) is 0 Å². The molecule has 0 unspecified atom stereocenters. The zero-order valence-corrected chi connectivity index (χ0v) is 16.3. The summed E-state index contributed by atoms with van der Waals surface area (Å²) < 4.78 is 5.43. The Morgan fingerprint density at radius 3 is 2.38 bits per heavy atom. The largest absolute Gasteiger partial charge is 0.492 e. The molecular formula is C21H21N5O3. The lowest BCUT2D eigenvalue weighted by atomic mass is 10.00. The van der Waals surface area contributed by atoms with Gasteiger partial charge in [-0.25, -0.2) is 4.98 Å². The van der Waals surface area contributed by atoms with Crippen molar-refractivity contribution in [2.75, 3.05) is 32.3 Å². The number of carbonyl (C=O) groups excluding carboxylic acids is 2. The molecule has 8 nitrogen and oxygen atoms in total. The quantitative estimate of drug-likeness (QED) is 0.647. The lowest BCUT2D eigenvalue weighted by Gasteiger charge is -2.17. The van der Waals surface area contributed by atoms with E-state index in [0.29, 0.717) is 28.3 Å². The van der Waals surface area contributed by atoms with Crippen LogP contribution in [0.25, 0.3) is 11.1 Å². The van der Waals surface area contributed by atoms with Gasteiger partial charge in [0.1, 0.15) is 5.69 Å². The summed E-state index contributed by atoms with van der Waals surface area (Å²) in [4.78, 5) is 34.2. The molecule has 0 aliphatic carbocycles. The molecule has 1 heterocycles. The van der Waals surface area contributed by atoms with Crippen LogP contribution in [0.4, 0.5) is 11.4 Å². The number of ether oxygens (including phenoxy) is 1. The number of nitrogens with zero attached hydrogens (tertiary/aromatic N) is 3. The van der Waals surface area contributed by atoms with E-state index in [0.717, 1.165) is 5.56 Å². The molecular weight excluding hydrogens is 370 g/mol. The lowest BCUT2D eigenvalue weighted by molar-refractivity contribution is 0.0827. The van der Waals surface area contributed by atoms with Crippen LogP contribution in [0.1, 0.15) is 20.8 Å². The van der Waals surface area contributed by atoms with Crippen molar-refractivity contribution in [1.82, 2.24) is 14.9 Å². The summed E-state index contributed by atoms with van der Waals surface area (Å²) in [5.41, 5.74) is 9.03. The first-order valence-corrected chi connectivity index (χ1v) is 8.78. The molecule has 0 aliphatic heterocycles. The summed E-state index contributed by atoms with van der Waals surface area (Å²) in [6, 6.07) is 10.6. The van der Waals surface area contributed by atoms with Crippen molar-refractivity contribution in [1.29, 1.82) is 0 Å². The molecule has 8 heteroatoms. The standard InChI is InChI=1S/C21H21N5O3/c1-26(2)21(28)14-6-4-13(5-7-14)15-8-9-16(22)19(29-3)18(15)25-20(27)17-12-23-10-11-24-17/h4-12H,22H2,1-3H3,(H,25,27). The Morgan fingerprint density at radius 2 is 1.79 bits per heavy atom. The number of rotatable bonds is 5. The second kappa shape index (κ2) is 8.39.